The summed E-state index contributed by atoms with van der Waals surface area (Å²) in [4.78, 5) is 4.72. The summed E-state index contributed by atoms with van der Waals surface area (Å²) >= 11 is 0. The Morgan fingerprint density at radius 1 is 1.13 bits per heavy atom. The van der Waals surface area contributed by atoms with Crippen molar-refractivity contribution in [2.45, 2.75) is 70.9 Å². The first-order valence-corrected chi connectivity index (χ1v) is 10.9. The maximum absolute atomic E-state index is 11.6. The number of nitrogens with one attached hydrogen (secondary N) is 2. The first-order chi connectivity index (χ1) is 10.8. The maximum Gasteiger partial charge on any atom is 0.191 e. The predicted molar refractivity (Wildman–Crippen MR) is 94.4 cm³/mol. The molecule has 2 unspecified atom stereocenters. The van der Waals surface area contributed by atoms with Crippen LogP contribution < -0.4 is 10.6 Å². The fourth-order valence-corrected chi connectivity index (χ4v) is 5.65. The third kappa shape index (κ3) is 5.37. The van der Waals surface area contributed by atoms with E-state index < -0.39 is 9.84 Å². The van der Waals surface area contributed by atoms with Crippen LogP contribution in [0.4, 0.5) is 0 Å². The van der Waals surface area contributed by atoms with Gasteiger partial charge in [-0.3, -0.25) is 4.99 Å². The van der Waals surface area contributed by atoms with Crippen molar-refractivity contribution in [3.05, 3.63) is 0 Å². The summed E-state index contributed by atoms with van der Waals surface area (Å²) in [5.74, 6) is 1.74. The van der Waals surface area contributed by atoms with E-state index in [1.165, 1.54) is 38.5 Å². The highest BCUT2D eigenvalue weighted by Gasteiger charge is 2.31. The SMILES string of the molecule is CC1(C)CCCC(NC(=NCC2CCS(=O)(=O)C2)NC2CC2)C1. The zero-order valence-corrected chi connectivity index (χ0v) is 15.3. The van der Waals surface area contributed by atoms with Gasteiger partial charge in [-0.2, -0.15) is 0 Å². The number of nitrogens with zero attached hydrogens (tertiary/aromatic N) is 1. The molecule has 0 aromatic heterocycles. The van der Waals surface area contributed by atoms with Gasteiger partial charge in [0, 0.05) is 18.6 Å². The summed E-state index contributed by atoms with van der Waals surface area (Å²) < 4.78 is 23.2. The fraction of sp³-hybridized carbons (Fsp3) is 0.941. The van der Waals surface area contributed by atoms with Gasteiger partial charge in [-0.25, -0.2) is 8.42 Å². The van der Waals surface area contributed by atoms with Crippen LogP contribution in [0.15, 0.2) is 4.99 Å². The standard InChI is InChI=1S/C17H31N3O2S/c1-17(2)8-3-4-15(10-17)20-16(19-14-5-6-14)18-11-13-7-9-23(21,22)12-13/h13-15H,3-12H2,1-2H3,(H2,18,19,20). The molecule has 3 rings (SSSR count). The average molecular weight is 342 g/mol. The monoisotopic (exact) mass is 341 g/mol. The van der Waals surface area contributed by atoms with Gasteiger partial charge in [-0.1, -0.05) is 20.3 Å². The lowest BCUT2D eigenvalue weighted by molar-refractivity contribution is 0.210. The van der Waals surface area contributed by atoms with Crippen molar-refractivity contribution in [1.29, 1.82) is 0 Å². The van der Waals surface area contributed by atoms with Crippen LogP contribution in [0.2, 0.25) is 0 Å². The summed E-state index contributed by atoms with van der Waals surface area (Å²) in [5, 5.41) is 7.12. The van der Waals surface area contributed by atoms with Gasteiger partial charge in [0.15, 0.2) is 15.8 Å². The Bertz CT molecular complexity index is 552. The van der Waals surface area contributed by atoms with Crippen molar-refractivity contribution < 1.29 is 8.42 Å². The molecular weight excluding hydrogens is 310 g/mol. The number of rotatable bonds is 4. The lowest BCUT2D eigenvalue weighted by Gasteiger charge is -2.36. The summed E-state index contributed by atoms with van der Waals surface area (Å²) in [6.07, 6.45) is 8.14. The number of guanidine groups is 1. The second-order valence-electron chi connectivity index (χ2n) is 8.48. The lowest BCUT2D eigenvalue weighted by atomic mass is 9.75. The molecule has 0 aromatic rings. The van der Waals surface area contributed by atoms with Crippen LogP contribution in [0, 0.1) is 11.3 Å². The lowest BCUT2D eigenvalue weighted by Crippen LogP contribution is -2.47. The molecule has 132 valence electrons. The number of aliphatic imine (C=N–C) groups is 1. The molecule has 0 aromatic carbocycles. The van der Waals surface area contributed by atoms with Crippen LogP contribution in [0.25, 0.3) is 0 Å². The second kappa shape index (κ2) is 6.61. The normalized spacial score (nSPS) is 33.4. The zero-order valence-electron chi connectivity index (χ0n) is 14.5. The zero-order chi connectivity index (χ0) is 16.5. The van der Waals surface area contributed by atoms with E-state index >= 15 is 0 Å². The quantitative estimate of drug-likeness (QED) is 0.607. The molecule has 23 heavy (non-hydrogen) atoms. The molecule has 3 fully saturated rings. The van der Waals surface area contributed by atoms with Gasteiger partial charge >= 0.3 is 0 Å². The highest BCUT2D eigenvalue weighted by atomic mass is 32.2. The molecule has 1 aliphatic heterocycles. The third-order valence-electron chi connectivity index (χ3n) is 5.30. The molecule has 0 radical (unpaired) electrons. The minimum absolute atomic E-state index is 0.195. The Morgan fingerprint density at radius 3 is 2.48 bits per heavy atom. The van der Waals surface area contributed by atoms with Crippen LogP contribution in [-0.4, -0.2) is 44.5 Å². The van der Waals surface area contributed by atoms with Gasteiger partial charge in [0.05, 0.1) is 11.5 Å². The number of hydrogen-bond acceptors (Lipinski definition) is 3. The molecule has 2 atom stereocenters. The molecule has 0 bridgehead atoms. The number of hydrogen-bond donors (Lipinski definition) is 2. The molecule has 1 saturated heterocycles. The molecule has 2 N–H and O–H groups in total. The summed E-state index contributed by atoms with van der Waals surface area (Å²) in [6, 6.07) is 1.04. The van der Waals surface area contributed by atoms with Gasteiger partial charge < -0.3 is 10.6 Å². The van der Waals surface area contributed by atoms with Gasteiger partial charge in [0.1, 0.15) is 0 Å². The molecule has 2 aliphatic carbocycles. The smallest absolute Gasteiger partial charge is 0.191 e. The Labute approximate surface area is 140 Å². The first kappa shape index (κ1) is 17.1. The highest BCUT2D eigenvalue weighted by molar-refractivity contribution is 7.91. The van der Waals surface area contributed by atoms with Crippen molar-refractivity contribution in [3.8, 4) is 0 Å². The second-order valence-corrected chi connectivity index (χ2v) is 10.7. The Balaban J connectivity index is 1.57. The largest absolute Gasteiger partial charge is 0.354 e. The first-order valence-electron chi connectivity index (χ1n) is 9.09. The Hall–Kier alpha value is -0.780. The van der Waals surface area contributed by atoms with E-state index in [1.807, 2.05) is 0 Å². The van der Waals surface area contributed by atoms with Crippen LogP contribution >= 0.6 is 0 Å². The molecule has 5 nitrogen and oxygen atoms in total. The van der Waals surface area contributed by atoms with Gasteiger partial charge in [0.25, 0.3) is 0 Å². The van der Waals surface area contributed by atoms with Crippen molar-refractivity contribution in [2.75, 3.05) is 18.1 Å². The molecular formula is C17H31N3O2S. The molecule has 6 heteroatoms. The third-order valence-corrected chi connectivity index (χ3v) is 7.14. The van der Waals surface area contributed by atoms with Crippen LogP contribution in [0.3, 0.4) is 0 Å². The average Bonchev–Trinajstić information content (AvgIpc) is 3.18. The van der Waals surface area contributed by atoms with E-state index in [0.717, 1.165) is 12.4 Å². The molecule has 0 amide bonds. The van der Waals surface area contributed by atoms with E-state index in [1.54, 1.807) is 0 Å². The van der Waals surface area contributed by atoms with E-state index in [-0.39, 0.29) is 5.92 Å². The predicted octanol–water partition coefficient (Wildman–Crippen LogP) is 2.09. The van der Waals surface area contributed by atoms with E-state index in [0.29, 0.717) is 35.5 Å². The Kier molecular flexibility index (Phi) is 4.90. The van der Waals surface area contributed by atoms with Crippen LogP contribution in [0.1, 0.15) is 58.8 Å². The molecule has 2 saturated carbocycles. The topological polar surface area (TPSA) is 70.6 Å². The summed E-state index contributed by atoms with van der Waals surface area (Å²) in [5.41, 5.74) is 0.403. The summed E-state index contributed by atoms with van der Waals surface area (Å²) in [6.45, 7) is 5.31. The van der Waals surface area contributed by atoms with Crippen LogP contribution in [0.5, 0.6) is 0 Å². The van der Waals surface area contributed by atoms with E-state index in [4.69, 9.17) is 4.99 Å². The van der Waals surface area contributed by atoms with E-state index in [2.05, 4.69) is 24.5 Å². The number of sulfone groups is 1. The highest BCUT2D eigenvalue weighted by Crippen LogP contribution is 2.35. The van der Waals surface area contributed by atoms with Crippen molar-refractivity contribution in [1.82, 2.24) is 10.6 Å². The molecule has 3 aliphatic rings. The van der Waals surface area contributed by atoms with Crippen molar-refractivity contribution >= 4 is 15.8 Å². The molecule has 0 spiro atoms. The molecule has 1 heterocycles. The fourth-order valence-electron chi connectivity index (χ4n) is 3.81. The minimum Gasteiger partial charge on any atom is -0.354 e. The van der Waals surface area contributed by atoms with Crippen LogP contribution in [-0.2, 0) is 9.84 Å². The minimum atomic E-state index is -2.81. The Morgan fingerprint density at radius 2 is 1.87 bits per heavy atom. The summed E-state index contributed by atoms with van der Waals surface area (Å²) in [7, 11) is -2.81. The van der Waals surface area contributed by atoms with Gasteiger partial charge in [0.2, 0.25) is 0 Å². The van der Waals surface area contributed by atoms with Gasteiger partial charge in [-0.15, -0.1) is 0 Å². The van der Waals surface area contributed by atoms with Crippen molar-refractivity contribution in [3.63, 3.8) is 0 Å². The van der Waals surface area contributed by atoms with Crippen molar-refractivity contribution in [2.24, 2.45) is 16.3 Å². The van der Waals surface area contributed by atoms with Gasteiger partial charge in [-0.05, 0) is 49.9 Å². The maximum atomic E-state index is 11.6. The van der Waals surface area contributed by atoms with E-state index in [9.17, 15) is 8.42 Å².